The van der Waals surface area contributed by atoms with Gasteiger partial charge in [-0.15, -0.1) is 0 Å². The van der Waals surface area contributed by atoms with E-state index >= 15 is 0 Å². The van der Waals surface area contributed by atoms with Gasteiger partial charge in [0, 0.05) is 6.20 Å². The first-order chi connectivity index (χ1) is 7.96. The molecular formula is C11H16N2O3S. The third-order valence-electron chi connectivity index (χ3n) is 2.97. The molecule has 0 radical (unpaired) electrons. The molecule has 94 valence electrons. The van der Waals surface area contributed by atoms with Gasteiger partial charge in [0.05, 0.1) is 24.1 Å². The number of hydrogen-bond donors (Lipinski definition) is 2. The number of aliphatic hydroxyl groups is 1. The first-order valence-corrected chi connectivity index (χ1v) is 7.41. The van der Waals surface area contributed by atoms with Gasteiger partial charge in [-0.25, -0.2) is 13.1 Å². The molecule has 1 saturated carbocycles. The van der Waals surface area contributed by atoms with Gasteiger partial charge in [0.15, 0.2) is 0 Å². The molecule has 1 unspecified atom stereocenters. The molecule has 0 aliphatic heterocycles. The van der Waals surface area contributed by atoms with Crippen molar-refractivity contribution < 1.29 is 13.5 Å². The summed E-state index contributed by atoms with van der Waals surface area (Å²) in [5, 5.41) is 9.31. The number of nitrogens with one attached hydrogen (secondary N) is 1. The molecule has 1 aromatic heterocycles. The van der Waals surface area contributed by atoms with Crippen LogP contribution in [-0.4, -0.2) is 30.9 Å². The molecule has 0 aromatic carbocycles. The zero-order valence-electron chi connectivity index (χ0n) is 9.57. The fourth-order valence-corrected chi connectivity index (χ4v) is 2.87. The van der Waals surface area contributed by atoms with Crippen molar-refractivity contribution in [3.8, 4) is 0 Å². The Kier molecular flexibility index (Phi) is 3.46. The molecule has 1 atom stereocenters. The van der Waals surface area contributed by atoms with Crippen molar-refractivity contribution in [2.45, 2.75) is 25.0 Å². The van der Waals surface area contributed by atoms with Gasteiger partial charge in [-0.05, 0) is 30.9 Å². The molecule has 1 aromatic rings. The first-order valence-electron chi connectivity index (χ1n) is 5.52. The first kappa shape index (κ1) is 12.5. The van der Waals surface area contributed by atoms with Crippen LogP contribution < -0.4 is 4.72 Å². The molecule has 0 saturated heterocycles. The van der Waals surface area contributed by atoms with E-state index < -0.39 is 10.0 Å². The molecule has 0 amide bonds. The highest BCUT2D eigenvalue weighted by molar-refractivity contribution is 7.88. The van der Waals surface area contributed by atoms with Gasteiger partial charge in [-0.3, -0.25) is 4.98 Å². The summed E-state index contributed by atoms with van der Waals surface area (Å²) in [6, 6.07) is 5.08. The molecule has 2 rings (SSSR count). The SMILES string of the molecule is CS(=O)(=O)NC(c1ccccn1)C1CC(O)C1. The maximum Gasteiger partial charge on any atom is 0.209 e. The van der Waals surface area contributed by atoms with Crippen molar-refractivity contribution in [1.82, 2.24) is 9.71 Å². The second kappa shape index (κ2) is 4.72. The van der Waals surface area contributed by atoms with E-state index in [4.69, 9.17) is 0 Å². The third-order valence-corrected chi connectivity index (χ3v) is 3.65. The number of aliphatic hydroxyl groups excluding tert-OH is 1. The Morgan fingerprint density at radius 2 is 2.18 bits per heavy atom. The lowest BCUT2D eigenvalue weighted by Gasteiger charge is -2.37. The quantitative estimate of drug-likeness (QED) is 0.819. The van der Waals surface area contributed by atoms with Crippen molar-refractivity contribution in [1.29, 1.82) is 0 Å². The van der Waals surface area contributed by atoms with E-state index in [0.29, 0.717) is 18.5 Å². The second-order valence-electron chi connectivity index (χ2n) is 4.51. The van der Waals surface area contributed by atoms with Gasteiger partial charge in [0.1, 0.15) is 0 Å². The second-order valence-corrected chi connectivity index (χ2v) is 6.29. The molecule has 1 aliphatic carbocycles. The molecule has 1 fully saturated rings. The standard InChI is InChI=1S/C11H16N2O3S/c1-17(15,16)13-11(8-6-9(14)7-8)10-4-2-3-5-12-10/h2-5,8-9,11,13-14H,6-7H2,1H3. The van der Waals surface area contributed by atoms with Crippen LogP contribution in [0, 0.1) is 5.92 Å². The molecule has 1 aliphatic rings. The highest BCUT2D eigenvalue weighted by atomic mass is 32.2. The summed E-state index contributed by atoms with van der Waals surface area (Å²) in [5.74, 6) is 0.120. The Hall–Kier alpha value is -0.980. The number of nitrogens with zero attached hydrogens (tertiary/aromatic N) is 1. The largest absolute Gasteiger partial charge is 0.393 e. The van der Waals surface area contributed by atoms with Crippen LogP contribution in [0.15, 0.2) is 24.4 Å². The lowest BCUT2D eigenvalue weighted by molar-refractivity contribution is 0.0274. The topological polar surface area (TPSA) is 79.3 Å². The predicted octanol–water partition coefficient (Wildman–Crippen LogP) is 0.443. The van der Waals surface area contributed by atoms with Crippen LogP contribution >= 0.6 is 0 Å². The molecule has 17 heavy (non-hydrogen) atoms. The van der Waals surface area contributed by atoms with Crippen LogP contribution in [0.5, 0.6) is 0 Å². The molecule has 2 N–H and O–H groups in total. The minimum Gasteiger partial charge on any atom is -0.393 e. The summed E-state index contributed by atoms with van der Waals surface area (Å²) in [5.41, 5.74) is 0.704. The number of hydrogen-bond acceptors (Lipinski definition) is 4. The van der Waals surface area contributed by atoms with Gasteiger partial charge in [0.2, 0.25) is 10.0 Å². The van der Waals surface area contributed by atoms with Crippen LogP contribution in [0.2, 0.25) is 0 Å². The van der Waals surface area contributed by atoms with Gasteiger partial charge >= 0.3 is 0 Å². The highest BCUT2D eigenvalue weighted by Crippen LogP contribution is 2.37. The molecule has 1 heterocycles. The molecular weight excluding hydrogens is 240 g/mol. The van der Waals surface area contributed by atoms with Gasteiger partial charge in [0.25, 0.3) is 0 Å². The van der Waals surface area contributed by atoms with E-state index in [-0.39, 0.29) is 18.1 Å². The van der Waals surface area contributed by atoms with E-state index in [9.17, 15) is 13.5 Å². The van der Waals surface area contributed by atoms with Crippen LogP contribution in [0.4, 0.5) is 0 Å². The summed E-state index contributed by atoms with van der Waals surface area (Å²) in [4.78, 5) is 4.18. The van der Waals surface area contributed by atoms with Crippen LogP contribution in [0.25, 0.3) is 0 Å². The smallest absolute Gasteiger partial charge is 0.209 e. The molecule has 0 spiro atoms. The lowest BCUT2D eigenvalue weighted by Crippen LogP contribution is -2.41. The lowest BCUT2D eigenvalue weighted by atomic mass is 9.76. The number of rotatable bonds is 4. The van der Waals surface area contributed by atoms with E-state index in [2.05, 4.69) is 9.71 Å². The van der Waals surface area contributed by atoms with E-state index in [1.165, 1.54) is 0 Å². The van der Waals surface area contributed by atoms with Gasteiger partial charge in [-0.1, -0.05) is 6.07 Å². The van der Waals surface area contributed by atoms with Crippen molar-refractivity contribution in [3.05, 3.63) is 30.1 Å². The van der Waals surface area contributed by atoms with E-state index in [0.717, 1.165) is 6.26 Å². The summed E-state index contributed by atoms with van der Waals surface area (Å²) in [7, 11) is -3.28. The Bertz CT molecular complexity index is 469. The fourth-order valence-electron chi connectivity index (χ4n) is 2.09. The molecule has 6 heteroatoms. The van der Waals surface area contributed by atoms with Crippen LogP contribution in [0.1, 0.15) is 24.6 Å². The Labute approximate surface area is 101 Å². The maximum atomic E-state index is 11.3. The van der Waals surface area contributed by atoms with Crippen LogP contribution in [0.3, 0.4) is 0 Å². The fraction of sp³-hybridized carbons (Fsp3) is 0.545. The summed E-state index contributed by atoms with van der Waals surface area (Å²) in [6.07, 6.45) is 3.69. The number of sulfonamides is 1. The molecule has 0 bridgehead atoms. The van der Waals surface area contributed by atoms with Crippen molar-refractivity contribution in [3.63, 3.8) is 0 Å². The van der Waals surface area contributed by atoms with Crippen molar-refractivity contribution in [2.24, 2.45) is 5.92 Å². The minimum absolute atomic E-state index is 0.120. The van der Waals surface area contributed by atoms with Crippen molar-refractivity contribution >= 4 is 10.0 Å². The normalized spacial score (nSPS) is 26.2. The summed E-state index contributed by atoms with van der Waals surface area (Å²) in [6.45, 7) is 0. The number of aromatic nitrogens is 1. The Balaban J connectivity index is 2.19. The van der Waals surface area contributed by atoms with E-state index in [1.54, 1.807) is 18.3 Å². The zero-order chi connectivity index (χ0) is 12.5. The van der Waals surface area contributed by atoms with E-state index in [1.807, 2.05) is 6.07 Å². The summed E-state index contributed by atoms with van der Waals surface area (Å²) < 4.78 is 25.3. The molecule has 5 nitrogen and oxygen atoms in total. The predicted molar refractivity (Wildman–Crippen MR) is 63.7 cm³/mol. The summed E-state index contributed by atoms with van der Waals surface area (Å²) >= 11 is 0. The maximum absolute atomic E-state index is 11.3. The zero-order valence-corrected chi connectivity index (χ0v) is 10.4. The monoisotopic (exact) mass is 256 g/mol. The van der Waals surface area contributed by atoms with Crippen molar-refractivity contribution in [2.75, 3.05) is 6.26 Å². The van der Waals surface area contributed by atoms with Gasteiger partial charge in [-0.2, -0.15) is 0 Å². The minimum atomic E-state index is -3.28. The number of pyridine rings is 1. The average molecular weight is 256 g/mol. The average Bonchev–Trinajstić information content (AvgIpc) is 2.22. The highest BCUT2D eigenvalue weighted by Gasteiger charge is 2.36. The third kappa shape index (κ3) is 3.24. The Morgan fingerprint density at radius 1 is 1.47 bits per heavy atom. The van der Waals surface area contributed by atoms with Gasteiger partial charge < -0.3 is 5.11 Å². The Morgan fingerprint density at radius 3 is 2.65 bits per heavy atom. The van der Waals surface area contributed by atoms with Crippen LogP contribution in [-0.2, 0) is 10.0 Å².